The van der Waals surface area contributed by atoms with Crippen molar-refractivity contribution in [1.82, 2.24) is 0 Å². The molecule has 0 saturated carbocycles. The van der Waals surface area contributed by atoms with Crippen LogP contribution in [0.15, 0.2) is 109 Å². The summed E-state index contributed by atoms with van der Waals surface area (Å²) < 4.78 is 22.0. The molecular formula is C31H30O5. The van der Waals surface area contributed by atoms with Crippen LogP contribution in [0.1, 0.15) is 34.5 Å². The van der Waals surface area contributed by atoms with Gasteiger partial charge in [0, 0.05) is 27.1 Å². The third kappa shape index (κ3) is 7.04. The molecule has 0 fully saturated rings. The highest BCUT2D eigenvalue weighted by Gasteiger charge is 2.14. The molecule has 2 unspecified atom stereocenters. The molecule has 0 aliphatic carbocycles. The summed E-state index contributed by atoms with van der Waals surface area (Å²) in [5.74, 6) is 0.833. The van der Waals surface area contributed by atoms with Crippen molar-refractivity contribution >= 4 is 6.16 Å². The summed E-state index contributed by atoms with van der Waals surface area (Å²) in [6.07, 6.45) is 0.557. The largest absolute Gasteiger partial charge is 0.519 e. The average molecular weight is 483 g/mol. The SMILES string of the molecule is COC(Cc1ccc(OC(=O)Oc2ccc(CC(OC)c3ccccc3)cc2)cc1)c1ccccc1. The molecule has 2 atom stereocenters. The molecule has 36 heavy (non-hydrogen) atoms. The molecule has 4 aromatic carbocycles. The van der Waals surface area contributed by atoms with Crippen LogP contribution in [0.25, 0.3) is 0 Å². The Balaban J connectivity index is 1.29. The highest BCUT2D eigenvalue weighted by atomic mass is 16.7. The molecule has 0 radical (unpaired) electrons. The van der Waals surface area contributed by atoms with E-state index in [1.165, 1.54) is 0 Å². The van der Waals surface area contributed by atoms with Gasteiger partial charge in [-0.2, -0.15) is 0 Å². The van der Waals surface area contributed by atoms with Crippen LogP contribution in [0.4, 0.5) is 4.79 Å². The number of rotatable bonds is 10. The van der Waals surface area contributed by atoms with Gasteiger partial charge in [-0.1, -0.05) is 84.9 Å². The van der Waals surface area contributed by atoms with E-state index in [0.717, 1.165) is 22.3 Å². The summed E-state index contributed by atoms with van der Waals surface area (Å²) in [6.45, 7) is 0. The van der Waals surface area contributed by atoms with E-state index in [4.69, 9.17) is 18.9 Å². The number of ether oxygens (including phenoxy) is 4. The Kier molecular flexibility index (Phi) is 8.87. The van der Waals surface area contributed by atoms with Gasteiger partial charge in [0.1, 0.15) is 11.5 Å². The predicted octanol–water partition coefficient (Wildman–Crippen LogP) is 7.12. The highest BCUT2D eigenvalue weighted by Crippen LogP contribution is 2.25. The first-order valence-electron chi connectivity index (χ1n) is 11.9. The molecule has 0 aromatic heterocycles. The minimum Gasteiger partial charge on any atom is -0.395 e. The Morgan fingerprint density at radius 1 is 0.556 bits per heavy atom. The number of carbonyl (C=O) groups excluding carboxylic acids is 1. The number of hydrogen-bond acceptors (Lipinski definition) is 5. The van der Waals surface area contributed by atoms with Gasteiger partial charge in [-0.15, -0.1) is 0 Å². The maximum Gasteiger partial charge on any atom is 0.519 e. The number of hydrogen-bond donors (Lipinski definition) is 0. The molecular weight excluding hydrogens is 452 g/mol. The normalized spacial score (nSPS) is 12.5. The molecule has 0 saturated heterocycles. The van der Waals surface area contributed by atoms with Crippen molar-refractivity contribution in [2.45, 2.75) is 25.0 Å². The van der Waals surface area contributed by atoms with E-state index < -0.39 is 6.16 Å². The first-order valence-corrected chi connectivity index (χ1v) is 11.9. The van der Waals surface area contributed by atoms with Crippen LogP contribution >= 0.6 is 0 Å². The fourth-order valence-corrected chi connectivity index (χ4v) is 4.04. The van der Waals surface area contributed by atoms with E-state index in [9.17, 15) is 4.79 Å². The molecule has 0 spiro atoms. The van der Waals surface area contributed by atoms with Crippen LogP contribution in [0.3, 0.4) is 0 Å². The molecule has 5 heteroatoms. The molecule has 0 amide bonds. The maximum absolute atomic E-state index is 12.3. The van der Waals surface area contributed by atoms with Crippen LogP contribution in [0.2, 0.25) is 0 Å². The van der Waals surface area contributed by atoms with Gasteiger partial charge >= 0.3 is 6.16 Å². The molecule has 5 nitrogen and oxygen atoms in total. The highest BCUT2D eigenvalue weighted by molar-refractivity contribution is 5.67. The summed E-state index contributed by atoms with van der Waals surface area (Å²) in [4.78, 5) is 12.3. The summed E-state index contributed by atoms with van der Waals surface area (Å²) in [5, 5.41) is 0. The Labute approximate surface area is 212 Å². The minimum atomic E-state index is -0.784. The molecule has 0 aliphatic rings. The lowest BCUT2D eigenvalue weighted by Crippen LogP contribution is -2.14. The lowest BCUT2D eigenvalue weighted by molar-refractivity contribution is 0.103. The molecule has 4 rings (SSSR count). The Morgan fingerprint density at radius 2 is 0.917 bits per heavy atom. The van der Waals surface area contributed by atoms with Gasteiger partial charge in [0.15, 0.2) is 0 Å². The third-order valence-electron chi connectivity index (χ3n) is 6.00. The van der Waals surface area contributed by atoms with Gasteiger partial charge in [0.25, 0.3) is 0 Å². The van der Waals surface area contributed by atoms with Crippen molar-refractivity contribution in [2.24, 2.45) is 0 Å². The predicted molar refractivity (Wildman–Crippen MR) is 139 cm³/mol. The molecule has 0 aliphatic heterocycles. The molecule has 0 heterocycles. The summed E-state index contributed by atoms with van der Waals surface area (Å²) in [7, 11) is 3.41. The Bertz CT molecular complexity index is 1110. The minimum absolute atomic E-state index is 0.0437. The zero-order valence-electron chi connectivity index (χ0n) is 20.5. The van der Waals surface area contributed by atoms with Crippen LogP contribution < -0.4 is 9.47 Å². The molecule has 4 aromatic rings. The second-order valence-electron chi connectivity index (χ2n) is 8.42. The van der Waals surface area contributed by atoms with Crippen molar-refractivity contribution in [1.29, 1.82) is 0 Å². The Hall–Kier alpha value is -3.93. The quantitative estimate of drug-likeness (QED) is 0.178. The average Bonchev–Trinajstić information content (AvgIpc) is 2.93. The monoisotopic (exact) mass is 482 g/mol. The lowest BCUT2D eigenvalue weighted by Gasteiger charge is -2.16. The first-order chi connectivity index (χ1) is 17.6. The molecule has 0 N–H and O–H groups in total. The second kappa shape index (κ2) is 12.7. The molecule has 184 valence electrons. The number of methoxy groups -OCH3 is 2. The van der Waals surface area contributed by atoms with Gasteiger partial charge in [-0.25, -0.2) is 4.79 Å². The third-order valence-corrected chi connectivity index (χ3v) is 6.00. The second-order valence-corrected chi connectivity index (χ2v) is 8.42. The van der Waals surface area contributed by atoms with Crippen LogP contribution in [-0.2, 0) is 22.3 Å². The standard InChI is InChI=1S/C31H30O5/c1-33-29(25-9-5-3-6-10-25)21-23-13-17-27(18-14-23)35-31(32)36-28-19-15-24(16-20-28)22-30(34-2)26-11-7-4-8-12-26/h3-20,29-30H,21-22H2,1-2H3. The van der Waals surface area contributed by atoms with Crippen molar-refractivity contribution in [3.05, 3.63) is 131 Å². The maximum atomic E-state index is 12.3. The number of carbonyl (C=O) groups is 1. The van der Waals surface area contributed by atoms with Crippen LogP contribution in [0, 0.1) is 0 Å². The van der Waals surface area contributed by atoms with E-state index >= 15 is 0 Å². The van der Waals surface area contributed by atoms with Gasteiger partial charge in [-0.3, -0.25) is 0 Å². The topological polar surface area (TPSA) is 54.0 Å². The van der Waals surface area contributed by atoms with E-state index in [1.54, 1.807) is 38.5 Å². The van der Waals surface area contributed by atoms with E-state index in [1.807, 2.05) is 84.9 Å². The van der Waals surface area contributed by atoms with E-state index in [-0.39, 0.29) is 12.2 Å². The van der Waals surface area contributed by atoms with Gasteiger partial charge in [-0.05, 0) is 46.5 Å². The van der Waals surface area contributed by atoms with Crippen molar-refractivity contribution in [3.8, 4) is 11.5 Å². The Morgan fingerprint density at radius 3 is 1.25 bits per heavy atom. The van der Waals surface area contributed by atoms with Gasteiger partial charge in [0.05, 0.1) is 12.2 Å². The van der Waals surface area contributed by atoms with Gasteiger partial charge in [0.2, 0.25) is 0 Å². The van der Waals surface area contributed by atoms with Gasteiger partial charge < -0.3 is 18.9 Å². The van der Waals surface area contributed by atoms with Crippen LogP contribution in [-0.4, -0.2) is 20.4 Å². The fraction of sp³-hybridized carbons (Fsp3) is 0.194. The van der Waals surface area contributed by atoms with E-state index in [0.29, 0.717) is 24.3 Å². The smallest absolute Gasteiger partial charge is 0.395 e. The molecule has 0 bridgehead atoms. The van der Waals surface area contributed by atoms with E-state index in [2.05, 4.69) is 0 Å². The zero-order valence-corrected chi connectivity index (χ0v) is 20.5. The summed E-state index contributed by atoms with van der Waals surface area (Å²) >= 11 is 0. The van der Waals surface area contributed by atoms with Crippen molar-refractivity contribution < 1.29 is 23.7 Å². The zero-order chi connectivity index (χ0) is 25.2. The number of benzene rings is 4. The summed E-state index contributed by atoms with van der Waals surface area (Å²) in [6, 6.07) is 34.9. The first kappa shape index (κ1) is 25.2. The van der Waals surface area contributed by atoms with Crippen molar-refractivity contribution in [3.63, 3.8) is 0 Å². The lowest BCUT2D eigenvalue weighted by atomic mass is 10.0. The van der Waals surface area contributed by atoms with Crippen molar-refractivity contribution in [2.75, 3.05) is 14.2 Å². The van der Waals surface area contributed by atoms with Crippen LogP contribution in [0.5, 0.6) is 11.5 Å². The summed E-state index contributed by atoms with van der Waals surface area (Å²) in [5.41, 5.74) is 4.39. The fourth-order valence-electron chi connectivity index (χ4n) is 4.04.